The molecular weight excluding hydrogens is 318 g/mol. The molecule has 0 saturated heterocycles. The Bertz CT molecular complexity index is 539. The van der Waals surface area contributed by atoms with Crippen LogP contribution in [0.3, 0.4) is 0 Å². The van der Waals surface area contributed by atoms with E-state index < -0.39 is 59.8 Å². The molecular formula is C15H25N3O6. The van der Waals surface area contributed by atoms with Crippen molar-refractivity contribution in [3.05, 3.63) is 0 Å². The molecule has 0 aromatic heterocycles. The number of carbonyl (C=O) groups excluding carboxylic acids is 3. The molecule has 2 amide bonds. The third-order valence-electron chi connectivity index (χ3n) is 4.45. The molecule has 24 heavy (non-hydrogen) atoms. The van der Waals surface area contributed by atoms with Gasteiger partial charge >= 0.3 is 5.97 Å². The van der Waals surface area contributed by atoms with E-state index >= 15 is 0 Å². The van der Waals surface area contributed by atoms with Crippen molar-refractivity contribution >= 4 is 23.6 Å². The maximum Gasteiger partial charge on any atom is 0.305 e. The summed E-state index contributed by atoms with van der Waals surface area (Å²) < 4.78 is 0. The number of aliphatic carboxylic acids is 1. The quantitative estimate of drug-likeness (QED) is 0.372. The molecule has 1 fully saturated rings. The van der Waals surface area contributed by atoms with Crippen molar-refractivity contribution in [2.75, 3.05) is 6.61 Å². The number of carbonyl (C=O) groups is 4. The summed E-state index contributed by atoms with van der Waals surface area (Å²) in [4.78, 5) is 46.7. The van der Waals surface area contributed by atoms with Crippen LogP contribution in [0.15, 0.2) is 0 Å². The number of carboxylic acid groups (broad SMARTS) is 1. The van der Waals surface area contributed by atoms with E-state index in [-0.39, 0.29) is 5.78 Å². The number of amides is 2. The zero-order valence-corrected chi connectivity index (χ0v) is 14.3. The number of Topliss-reactive ketones (excluding diaryl/α,β-unsaturated/α-hetero) is 1. The van der Waals surface area contributed by atoms with Crippen LogP contribution in [0.4, 0.5) is 0 Å². The highest BCUT2D eigenvalue weighted by Crippen LogP contribution is 2.49. The minimum absolute atomic E-state index is 0.00774. The number of aliphatic hydroxyl groups excluding tert-OH is 1. The average molecular weight is 343 g/mol. The van der Waals surface area contributed by atoms with Gasteiger partial charge in [-0.15, -0.1) is 0 Å². The molecule has 2 atom stereocenters. The van der Waals surface area contributed by atoms with Crippen LogP contribution in [-0.4, -0.2) is 58.5 Å². The van der Waals surface area contributed by atoms with Crippen molar-refractivity contribution in [3.8, 4) is 0 Å². The van der Waals surface area contributed by atoms with Crippen molar-refractivity contribution in [3.63, 3.8) is 0 Å². The molecule has 1 aliphatic rings. The topological polar surface area (TPSA) is 159 Å². The fourth-order valence-electron chi connectivity index (χ4n) is 3.27. The molecule has 0 radical (unpaired) electrons. The number of nitrogens with two attached hydrogens (primary N) is 1. The highest BCUT2D eigenvalue weighted by molar-refractivity contribution is 5.99. The zero-order chi connectivity index (χ0) is 18.9. The summed E-state index contributed by atoms with van der Waals surface area (Å²) in [5, 5.41) is 22.8. The van der Waals surface area contributed by atoms with E-state index in [1.807, 2.05) is 0 Å². The summed E-state index contributed by atoms with van der Waals surface area (Å²) in [6.45, 7) is 6.15. The standard InChI is InChI=1S/C15H25N3O6/c1-14(2)12(15(3,4)13(14)24)18-11(23)8(6-19)17-10(22)7(16)5-9(20)21/h7-8,12,19H,5-6,16H2,1-4H3,(H,17,22)(H,18,23)(H,20,21)/t7-,8+/m0/s1. The molecule has 1 aliphatic carbocycles. The number of rotatable bonds is 7. The van der Waals surface area contributed by atoms with Crippen LogP contribution in [0.1, 0.15) is 34.1 Å². The summed E-state index contributed by atoms with van der Waals surface area (Å²) in [6, 6.07) is -3.06. The molecule has 0 aromatic carbocycles. The van der Waals surface area contributed by atoms with Crippen molar-refractivity contribution in [1.82, 2.24) is 10.6 Å². The Morgan fingerprint density at radius 3 is 2.08 bits per heavy atom. The molecule has 9 heteroatoms. The monoisotopic (exact) mass is 343 g/mol. The Balaban J connectivity index is 2.73. The maximum absolute atomic E-state index is 12.3. The third-order valence-corrected chi connectivity index (χ3v) is 4.45. The second-order valence-corrected chi connectivity index (χ2v) is 7.16. The van der Waals surface area contributed by atoms with Crippen LogP contribution in [0.2, 0.25) is 0 Å². The van der Waals surface area contributed by atoms with Gasteiger partial charge < -0.3 is 26.6 Å². The van der Waals surface area contributed by atoms with Crippen LogP contribution >= 0.6 is 0 Å². The van der Waals surface area contributed by atoms with Crippen LogP contribution in [0.5, 0.6) is 0 Å². The largest absolute Gasteiger partial charge is 0.481 e. The first-order valence-electron chi connectivity index (χ1n) is 7.59. The van der Waals surface area contributed by atoms with Crippen molar-refractivity contribution in [1.29, 1.82) is 0 Å². The lowest BCUT2D eigenvalue weighted by molar-refractivity contribution is -0.160. The minimum Gasteiger partial charge on any atom is -0.481 e. The predicted molar refractivity (Wildman–Crippen MR) is 83.7 cm³/mol. The van der Waals surface area contributed by atoms with E-state index in [4.69, 9.17) is 10.8 Å². The summed E-state index contributed by atoms with van der Waals surface area (Å²) >= 11 is 0. The SMILES string of the molecule is CC1(C)C(=O)C(C)(C)C1NC(=O)[C@@H](CO)NC(=O)[C@@H](N)CC(=O)O. The highest BCUT2D eigenvalue weighted by Gasteiger charge is 2.62. The van der Waals surface area contributed by atoms with Gasteiger partial charge in [0.25, 0.3) is 0 Å². The molecule has 9 nitrogen and oxygen atoms in total. The number of aliphatic hydroxyl groups is 1. The number of carboxylic acids is 1. The molecule has 0 heterocycles. The van der Waals surface area contributed by atoms with Gasteiger partial charge in [-0.2, -0.15) is 0 Å². The Kier molecular flexibility index (Phi) is 5.73. The lowest BCUT2D eigenvalue weighted by atomic mass is 9.51. The Morgan fingerprint density at radius 2 is 1.67 bits per heavy atom. The van der Waals surface area contributed by atoms with Gasteiger partial charge in [0.2, 0.25) is 11.8 Å². The summed E-state index contributed by atoms with van der Waals surface area (Å²) in [6.07, 6.45) is -0.594. The smallest absolute Gasteiger partial charge is 0.305 e. The summed E-state index contributed by atoms with van der Waals surface area (Å²) in [7, 11) is 0. The van der Waals surface area contributed by atoms with Gasteiger partial charge in [-0.05, 0) is 0 Å². The van der Waals surface area contributed by atoms with Gasteiger partial charge in [0.1, 0.15) is 11.8 Å². The molecule has 0 unspecified atom stereocenters. The molecule has 1 rings (SSSR count). The first-order valence-corrected chi connectivity index (χ1v) is 7.59. The van der Waals surface area contributed by atoms with E-state index in [0.717, 1.165) is 0 Å². The van der Waals surface area contributed by atoms with Crippen LogP contribution in [0, 0.1) is 10.8 Å². The van der Waals surface area contributed by atoms with Crippen molar-refractivity contribution in [2.24, 2.45) is 16.6 Å². The normalized spacial score (nSPS) is 21.3. The first kappa shape index (κ1) is 20.0. The van der Waals surface area contributed by atoms with E-state index in [2.05, 4.69) is 10.6 Å². The Hall–Kier alpha value is -2.00. The van der Waals surface area contributed by atoms with Gasteiger partial charge in [-0.25, -0.2) is 0 Å². The lowest BCUT2D eigenvalue weighted by Gasteiger charge is -2.55. The third kappa shape index (κ3) is 3.73. The van der Waals surface area contributed by atoms with Crippen molar-refractivity contribution in [2.45, 2.75) is 52.2 Å². The van der Waals surface area contributed by atoms with Crippen LogP contribution in [-0.2, 0) is 19.2 Å². The van der Waals surface area contributed by atoms with E-state index in [1.54, 1.807) is 27.7 Å². The molecule has 0 spiro atoms. The molecule has 0 aromatic rings. The van der Waals surface area contributed by atoms with Crippen LogP contribution in [0.25, 0.3) is 0 Å². The fraction of sp³-hybridized carbons (Fsp3) is 0.733. The summed E-state index contributed by atoms with van der Waals surface area (Å²) in [5.41, 5.74) is 3.92. The lowest BCUT2D eigenvalue weighted by Crippen LogP contribution is -2.72. The van der Waals surface area contributed by atoms with Gasteiger partial charge in [0, 0.05) is 10.8 Å². The van der Waals surface area contributed by atoms with E-state index in [9.17, 15) is 24.3 Å². The Morgan fingerprint density at radius 1 is 1.17 bits per heavy atom. The average Bonchev–Trinajstić information content (AvgIpc) is 2.47. The first-order chi connectivity index (χ1) is 10.9. The molecule has 136 valence electrons. The number of hydrogen-bond donors (Lipinski definition) is 5. The molecule has 6 N–H and O–H groups in total. The van der Waals surface area contributed by atoms with Gasteiger partial charge in [0.15, 0.2) is 0 Å². The molecule has 0 bridgehead atoms. The van der Waals surface area contributed by atoms with E-state index in [1.165, 1.54) is 0 Å². The van der Waals surface area contributed by atoms with Gasteiger partial charge in [0.05, 0.1) is 25.1 Å². The fourth-order valence-corrected chi connectivity index (χ4v) is 3.27. The van der Waals surface area contributed by atoms with E-state index in [0.29, 0.717) is 0 Å². The Labute approximate surface area is 140 Å². The highest BCUT2D eigenvalue weighted by atomic mass is 16.4. The van der Waals surface area contributed by atoms with Crippen molar-refractivity contribution < 1.29 is 29.4 Å². The maximum atomic E-state index is 12.3. The number of hydrogen-bond acceptors (Lipinski definition) is 6. The second-order valence-electron chi connectivity index (χ2n) is 7.16. The van der Waals surface area contributed by atoms with Gasteiger partial charge in [-0.1, -0.05) is 27.7 Å². The second kappa shape index (κ2) is 6.86. The number of ketones is 1. The minimum atomic E-state index is -1.33. The van der Waals surface area contributed by atoms with Gasteiger partial charge in [-0.3, -0.25) is 19.2 Å². The van der Waals surface area contributed by atoms with Crippen LogP contribution < -0.4 is 16.4 Å². The molecule has 1 saturated carbocycles. The zero-order valence-electron chi connectivity index (χ0n) is 14.3. The summed E-state index contributed by atoms with van der Waals surface area (Å²) in [5.74, 6) is -2.76. The predicted octanol–water partition coefficient (Wildman–Crippen LogP) is -1.61. The number of nitrogens with one attached hydrogen (secondary N) is 2. The molecule has 0 aliphatic heterocycles.